The molecule has 1 aliphatic carbocycles. The summed E-state index contributed by atoms with van der Waals surface area (Å²) in [6.45, 7) is 0.480. The fraction of sp³-hybridized carbons (Fsp3) is 0.333. The maximum Gasteiger partial charge on any atom is 0.244 e. The van der Waals surface area contributed by atoms with Crippen LogP contribution in [-0.2, 0) is 18.4 Å². The van der Waals surface area contributed by atoms with E-state index >= 15 is 0 Å². The molecule has 5 heteroatoms. The second kappa shape index (κ2) is 5.63. The molecular weight excluding hydrogens is 270 g/mol. The molecule has 0 aliphatic heterocycles. The van der Waals surface area contributed by atoms with Crippen LogP contribution in [0.1, 0.15) is 35.0 Å². The minimum atomic E-state index is -0.0861. The lowest BCUT2D eigenvalue weighted by atomic mass is 10.2. The smallest absolute Gasteiger partial charge is 0.244 e. The fourth-order valence-electron chi connectivity index (χ4n) is 2.17. The fourth-order valence-corrected chi connectivity index (χ4v) is 2.79. The highest BCUT2D eigenvalue weighted by Crippen LogP contribution is 2.39. The minimum Gasteiger partial charge on any atom is -0.347 e. The average Bonchev–Trinajstić information content (AvgIpc) is 3.00. The second-order valence-corrected chi connectivity index (χ2v) is 6.00. The second-order valence-electron chi connectivity index (χ2n) is 5.02. The molecule has 2 aromatic heterocycles. The number of amides is 1. The lowest BCUT2D eigenvalue weighted by Gasteiger charge is -1.97. The van der Waals surface area contributed by atoms with Crippen LogP contribution in [-0.4, -0.2) is 15.7 Å². The number of hydrogen-bond acceptors (Lipinski definition) is 3. The van der Waals surface area contributed by atoms with Gasteiger partial charge in [0.2, 0.25) is 5.91 Å². The molecule has 0 unspecified atom stereocenters. The van der Waals surface area contributed by atoms with E-state index in [9.17, 15) is 4.79 Å². The first-order valence-electron chi connectivity index (χ1n) is 6.74. The molecule has 104 valence electrons. The summed E-state index contributed by atoms with van der Waals surface area (Å²) in [5, 5.41) is 9.29. The van der Waals surface area contributed by atoms with Gasteiger partial charge in [0.15, 0.2) is 0 Å². The summed E-state index contributed by atoms with van der Waals surface area (Å²) >= 11 is 1.61. The van der Waals surface area contributed by atoms with Crippen molar-refractivity contribution in [1.82, 2.24) is 15.1 Å². The van der Waals surface area contributed by atoms with E-state index < -0.39 is 0 Å². The van der Waals surface area contributed by atoms with Gasteiger partial charge in [-0.15, -0.1) is 11.3 Å². The van der Waals surface area contributed by atoms with E-state index in [0.29, 0.717) is 12.5 Å². The number of carbonyl (C=O) groups is 1. The van der Waals surface area contributed by atoms with Gasteiger partial charge in [-0.2, -0.15) is 5.10 Å². The predicted octanol–water partition coefficient (Wildman–Crippen LogP) is 2.69. The summed E-state index contributed by atoms with van der Waals surface area (Å²) < 4.78 is 1.93. The topological polar surface area (TPSA) is 46.9 Å². The van der Waals surface area contributed by atoms with Gasteiger partial charge in [-0.25, -0.2) is 0 Å². The Bertz CT molecular complexity index is 624. The Labute approximate surface area is 122 Å². The molecule has 4 nitrogen and oxygen atoms in total. The van der Waals surface area contributed by atoms with Gasteiger partial charge in [-0.3, -0.25) is 9.48 Å². The number of rotatable bonds is 5. The van der Waals surface area contributed by atoms with Crippen molar-refractivity contribution in [2.45, 2.75) is 25.3 Å². The third-order valence-corrected chi connectivity index (χ3v) is 4.19. The first kappa shape index (κ1) is 13.1. The number of aromatic nitrogens is 2. The van der Waals surface area contributed by atoms with Gasteiger partial charge in [0.25, 0.3) is 0 Å². The molecule has 1 fully saturated rings. The van der Waals surface area contributed by atoms with Crippen molar-refractivity contribution in [3.63, 3.8) is 0 Å². The number of nitrogens with zero attached hydrogens (tertiary/aromatic N) is 2. The Morgan fingerprint density at radius 1 is 1.60 bits per heavy atom. The SMILES string of the molecule is Cn1nc(CNC(=O)/C=C/c2cccs2)cc1C1CC1. The van der Waals surface area contributed by atoms with Crippen LogP contribution in [0.3, 0.4) is 0 Å². The summed E-state index contributed by atoms with van der Waals surface area (Å²) in [4.78, 5) is 12.8. The number of carbonyl (C=O) groups excluding carboxylic acids is 1. The molecule has 1 aliphatic rings. The van der Waals surface area contributed by atoms with Gasteiger partial charge in [-0.1, -0.05) is 6.07 Å². The molecule has 1 amide bonds. The Kier molecular flexibility index (Phi) is 3.69. The maximum absolute atomic E-state index is 11.7. The zero-order valence-corrected chi connectivity index (χ0v) is 12.2. The van der Waals surface area contributed by atoms with Gasteiger partial charge < -0.3 is 5.32 Å². The average molecular weight is 287 g/mol. The van der Waals surface area contributed by atoms with Crippen molar-refractivity contribution in [2.75, 3.05) is 0 Å². The van der Waals surface area contributed by atoms with Crippen LogP contribution in [0.15, 0.2) is 29.7 Å². The third-order valence-electron chi connectivity index (χ3n) is 3.35. The molecule has 0 saturated heterocycles. The van der Waals surface area contributed by atoms with Crippen LogP contribution >= 0.6 is 11.3 Å². The van der Waals surface area contributed by atoms with E-state index in [4.69, 9.17) is 0 Å². The summed E-state index contributed by atoms with van der Waals surface area (Å²) in [6.07, 6.45) is 5.91. The molecule has 0 aromatic carbocycles. The molecule has 0 spiro atoms. The molecule has 0 radical (unpaired) electrons. The van der Waals surface area contributed by atoms with E-state index in [0.717, 1.165) is 10.6 Å². The maximum atomic E-state index is 11.7. The first-order chi connectivity index (χ1) is 9.72. The standard InChI is InChI=1S/C15H17N3OS/c1-18-14(11-4-5-11)9-12(17-18)10-16-15(19)7-6-13-3-2-8-20-13/h2-3,6-9,11H,4-5,10H2,1H3,(H,16,19)/b7-6+. The zero-order valence-electron chi connectivity index (χ0n) is 11.4. The quantitative estimate of drug-likeness (QED) is 0.859. The Morgan fingerprint density at radius 2 is 2.45 bits per heavy atom. The number of hydrogen-bond donors (Lipinski definition) is 1. The van der Waals surface area contributed by atoms with Crippen LogP contribution in [0.2, 0.25) is 0 Å². The minimum absolute atomic E-state index is 0.0861. The van der Waals surface area contributed by atoms with Crippen LogP contribution in [0.4, 0.5) is 0 Å². The van der Waals surface area contributed by atoms with E-state index in [-0.39, 0.29) is 5.91 Å². The molecular formula is C15H17N3OS. The molecule has 2 heterocycles. The van der Waals surface area contributed by atoms with Crippen molar-refractivity contribution >= 4 is 23.3 Å². The molecule has 2 aromatic rings. The van der Waals surface area contributed by atoms with E-state index in [1.807, 2.05) is 35.3 Å². The van der Waals surface area contributed by atoms with Gasteiger partial charge in [-0.05, 0) is 36.4 Å². The largest absolute Gasteiger partial charge is 0.347 e. The van der Waals surface area contributed by atoms with Crippen molar-refractivity contribution in [3.8, 4) is 0 Å². The van der Waals surface area contributed by atoms with Crippen LogP contribution in [0.5, 0.6) is 0 Å². The lowest BCUT2D eigenvalue weighted by molar-refractivity contribution is -0.116. The Morgan fingerprint density at radius 3 is 3.15 bits per heavy atom. The number of thiophene rings is 1. The lowest BCUT2D eigenvalue weighted by Crippen LogP contribution is -2.20. The van der Waals surface area contributed by atoms with E-state index in [1.54, 1.807) is 17.4 Å². The van der Waals surface area contributed by atoms with E-state index in [2.05, 4.69) is 16.5 Å². The van der Waals surface area contributed by atoms with Gasteiger partial charge in [0.05, 0.1) is 12.2 Å². The predicted molar refractivity (Wildman–Crippen MR) is 80.4 cm³/mol. The highest BCUT2D eigenvalue weighted by atomic mass is 32.1. The highest BCUT2D eigenvalue weighted by molar-refractivity contribution is 7.10. The molecule has 0 bridgehead atoms. The summed E-state index contributed by atoms with van der Waals surface area (Å²) in [5.41, 5.74) is 2.20. The van der Waals surface area contributed by atoms with Gasteiger partial charge >= 0.3 is 0 Å². The molecule has 1 N–H and O–H groups in total. The number of aryl methyl sites for hydroxylation is 1. The molecule has 0 atom stereocenters. The summed E-state index contributed by atoms with van der Waals surface area (Å²) in [6, 6.07) is 6.05. The molecule has 1 saturated carbocycles. The van der Waals surface area contributed by atoms with Gasteiger partial charge in [0, 0.05) is 29.6 Å². The molecule has 20 heavy (non-hydrogen) atoms. The van der Waals surface area contributed by atoms with E-state index in [1.165, 1.54) is 18.5 Å². The Balaban J connectivity index is 1.53. The van der Waals surface area contributed by atoms with Crippen LogP contribution in [0, 0.1) is 0 Å². The van der Waals surface area contributed by atoms with Crippen molar-refractivity contribution in [2.24, 2.45) is 7.05 Å². The van der Waals surface area contributed by atoms with Crippen molar-refractivity contribution in [3.05, 3.63) is 45.9 Å². The van der Waals surface area contributed by atoms with Crippen LogP contribution in [0.25, 0.3) is 6.08 Å². The van der Waals surface area contributed by atoms with Crippen molar-refractivity contribution in [1.29, 1.82) is 0 Å². The van der Waals surface area contributed by atoms with Gasteiger partial charge in [0.1, 0.15) is 0 Å². The highest BCUT2D eigenvalue weighted by Gasteiger charge is 2.27. The Hall–Kier alpha value is -1.88. The third kappa shape index (κ3) is 3.17. The normalized spacial score (nSPS) is 14.8. The monoisotopic (exact) mass is 287 g/mol. The van der Waals surface area contributed by atoms with Crippen LogP contribution < -0.4 is 5.32 Å². The zero-order chi connectivity index (χ0) is 13.9. The number of nitrogens with one attached hydrogen (secondary N) is 1. The first-order valence-corrected chi connectivity index (χ1v) is 7.62. The summed E-state index contributed by atoms with van der Waals surface area (Å²) in [7, 11) is 1.97. The summed E-state index contributed by atoms with van der Waals surface area (Å²) in [5.74, 6) is 0.590. The van der Waals surface area contributed by atoms with Crippen molar-refractivity contribution < 1.29 is 4.79 Å². The molecule has 3 rings (SSSR count).